The largest absolute Gasteiger partial charge is 0.469 e. The third-order valence-corrected chi connectivity index (χ3v) is 4.66. The van der Waals surface area contributed by atoms with Gasteiger partial charge in [0.2, 0.25) is 0 Å². The summed E-state index contributed by atoms with van der Waals surface area (Å²) in [6.07, 6.45) is 2.55. The van der Waals surface area contributed by atoms with Gasteiger partial charge >= 0.3 is 0 Å². The van der Waals surface area contributed by atoms with Crippen LogP contribution in [0.2, 0.25) is 0 Å². The quantitative estimate of drug-likeness (QED) is 0.734. The Morgan fingerprint density at radius 3 is 2.80 bits per heavy atom. The number of hydrogen-bond donors (Lipinski definition) is 0. The molecule has 0 radical (unpaired) electrons. The first-order valence-electron chi connectivity index (χ1n) is 8.24. The number of benzene rings is 1. The number of carbonyl (C=O) groups excluding carboxylic acids is 1. The Bertz CT molecular complexity index is 884. The van der Waals surface area contributed by atoms with Crippen molar-refractivity contribution in [3.63, 3.8) is 0 Å². The average molecular weight is 339 g/mol. The third kappa shape index (κ3) is 2.95. The van der Waals surface area contributed by atoms with Crippen molar-refractivity contribution in [2.45, 2.75) is 12.3 Å². The van der Waals surface area contributed by atoms with Crippen LogP contribution in [0.15, 0.2) is 53.1 Å². The molecular weight excluding hydrogens is 321 g/mol. The van der Waals surface area contributed by atoms with Crippen LogP contribution in [0.1, 0.15) is 28.6 Å². The first kappa shape index (κ1) is 15.6. The number of furan rings is 1. The van der Waals surface area contributed by atoms with E-state index in [0.717, 1.165) is 23.4 Å². The lowest BCUT2D eigenvalue weighted by Crippen LogP contribution is -2.28. The molecule has 1 aromatic carbocycles. The number of likely N-dealkylation sites (tertiary alicyclic amines) is 1. The van der Waals surface area contributed by atoms with Crippen LogP contribution in [0.25, 0.3) is 11.3 Å². The molecule has 6 heteroatoms. The molecule has 1 fully saturated rings. The number of rotatable bonds is 3. The smallest absolute Gasteiger partial charge is 0.274 e. The highest BCUT2D eigenvalue weighted by molar-refractivity contribution is 5.93. The fraction of sp³-hybridized carbons (Fsp3) is 0.263. The van der Waals surface area contributed by atoms with Crippen LogP contribution in [0.4, 0.5) is 4.39 Å². The summed E-state index contributed by atoms with van der Waals surface area (Å²) < 4.78 is 20.2. The van der Waals surface area contributed by atoms with E-state index in [9.17, 15) is 9.18 Å². The van der Waals surface area contributed by atoms with Crippen LogP contribution in [0, 0.1) is 5.82 Å². The number of amides is 1. The summed E-state index contributed by atoms with van der Waals surface area (Å²) in [4.78, 5) is 14.6. The van der Waals surface area contributed by atoms with Crippen molar-refractivity contribution < 1.29 is 13.6 Å². The molecule has 4 rings (SSSR count). The minimum Gasteiger partial charge on any atom is -0.469 e. The highest BCUT2D eigenvalue weighted by atomic mass is 19.1. The molecule has 1 unspecified atom stereocenters. The maximum absolute atomic E-state index is 13.1. The fourth-order valence-corrected chi connectivity index (χ4v) is 3.33. The van der Waals surface area contributed by atoms with Gasteiger partial charge < -0.3 is 9.32 Å². The maximum Gasteiger partial charge on any atom is 0.274 e. The van der Waals surface area contributed by atoms with E-state index < -0.39 is 0 Å². The molecule has 0 aliphatic carbocycles. The topological polar surface area (TPSA) is 51.3 Å². The lowest BCUT2D eigenvalue weighted by molar-refractivity contribution is 0.0783. The number of halogens is 1. The number of hydrogen-bond acceptors (Lipinski definition) is 3. The highest BCUT2D eigenvalue weighted by Crippen LogP contribution is 2.29. The van der Waals surface area contributed by atoms with Gasteiger partial charge in [0.15, 0.2) is 5.69 Å². The van der Waals surface area contributed by atoms with Crippen molar-refractivity contribution in [1.29, 1.82) is 0 Å². The Balaban J connectivity index is 1.53. The van der Waals surface area contributed by atoms with Crippen LogP contribution in [0.5, 0.6) is 0 Å². The first-order valence-corrected chi connectivity index (χ1v) is 8.24. The normalized spacial score (nSPS) is 17.2. The monoisotopic (exact) mass is 339 g/mol. The minimum atomic E-state index is -0.289. The van der Waals surface area contributed by atoms with E-state index in [1.54, 1.807) is 36.2 Å². The lowest BCUT2D eigenvalue weighted by atomic mass is 10.1. The lowest BCUT2D eigenvalue weighted by Gasteiger charge is -2.14. The molecule has 1 atom stereocenters. The van der Waals surface area contributed by atoms with Gasteiger partial charge in [0.05, 0.1) is 12.0 Å². The summed E-state index contributed by atoms with van der Waals surface area (Å²) >= 11 is 0. The third-order valence-electron chi connectivity index (χ3n) is 4.66. The zero-order valence-electron chi connectivity index (χ0n) is 13.9. The summed E-state index contributed by atoms with van der Waals surface area (Å²) in [5.74, 6) is 0.781. The molecule has 3 aromatic rings. The highest BCUT2D eigenvalue weighted by Gasteiger charge is 2.30. The van der Waals surface area contributed by atoms with Gasteiger partial charge in [-0.25, -0.2) is 4.39 Å². The SMILES string of the molecule is Cn1nc(C(=O)N2CCC(c3ccco3)C2)cc1-c1ccc(F)cc1. The summed E-state index contributed by atoms with van der Waals surface area (Å²) in [6, 6.07) is 11.7. The van der Waals surface area contributed by atoms with Crippen molar-refractivity contribution in [2.75, 3.05) is 13.1 Å². The number of carbonyl (C=O) groups is 1. The number of aromatic nitrogens is 2. The Kier molecular flexibility index (Phi) is 3.87. The van der Waals surface area contributed by atoms with Gasteiger partial charge in [0.25, 0.3) is 5.91 Å². The molecule has 0 spiro atoms. The Morgan fingerprint density at radius 2 is 2.08 bits per heavy atom. The molecule has 2 aromatic heterocycles. The molecule has 0 saturated carbocycles. The Morgan fingerprint density at radius 1 is 1.28 bits per heavy atom. The van der Waals surface area contributed by atoms with Crippen LogP contribution in [-0.2, 0) is 7.05 Å². The van der Waals surface area contributed by atoms with Gasteiger partial charge in [-0.1, -0.05) is 0 Å². The van der Waals surface area contributed by atoms with Gasteiger partial charge in [-0.15, -0.1) is 0 Å². The Hall–Kier alpha value is -2.89. The van der Waals surface area contributed by atoms with Crippen molar-refractivity contribution in [3.05, 3.63) is 66.0 Å². The number of aryl methyl sites for hydroxylation is 1. The molecule has 1 amide bonds. The Labute approximate surface area is 144 Å². The second-order valence-corrected chi connectivity index (χ2v) is 6.30. The molecule has 1 saturated heterocycles. The van der Waals surface area contributed by atoms with E-state index in [0.29, 0.717) is 18.8 Å². The van der Waals surface area contributed by atoms with Gasteiger partial charge in [-0.3, -0.25) is 9.48 Å². The van der Waals surface area contributed by atoms with Gasteiger partial charge in [-0.2, -0.15) is 5.10 Å². The van der Waals surface area contributed by atoms with E-state index in [2.05, 4.69) is 5.10 Å². The van der Waals surface area contributed by atoms with Crippen molar-refractivity contribution >= 4 is 5.91 Å². The average Bonchev–Trinajstić information content (AvgIpc) is 3.35. The van der Waals surface area contributed by atoms with E-state index in [1.165, 1.54) is 12.1 Å². The maximum atomic E-state index is 13.1. The van der Waals surface area contributed by atoms with E-state index in [-0.39, 0.29) is 17.6 Å². The molecular formula is C19H18FN3O2. The number of nitrogens with zero attached hydrogens (tertiary/aromatic N) is 3. The molecule has 1 aliphatic heterocycles. The molecule has 1 aliphatic rings. The van der Waals surface area contributed by atoms with Crippen LogP contribution >= 0.6 is 0 Å². The fourth-order valence-electron chi connectivity index (χ4n) is 3.33. The summed E-state index contributed by atoms with van der Waals surface area (Å²) in [6.45, 7) is 1.32. The van der Waals surface area contributed by atoms with Crippen molar-refractivity contribution in [1.82, 2.24) is 14.7 Å². The van der Waals surface area contributed by atoms with Crippen molar-refractivity contribution in [3.8, 4) is 11.3 Å². The second-order valence-electron chi connectivity index (χ2n) is 6.30. The second kappa shape index (κ2) is 6.20. The van der Waals surface area contributed by atoms with E-state index in [4.69, 9.17) is 4.42 Å². The molecule has 0 bridgehead atoms. The van der Waals surface area contributed by atoms with Gasteiger partial charge in [-0.05, 0) is 54.4 Å². The van der Waals surface area contributed by atoms with Crippen LogP contribution in [0.3, 0.4) is 0 Å². The summed E-state index contributed by atoms with van der Waals surface area (Å²) in [5, 5.41) is 4.35. The standard InChI is InChI=1S/C19H18FN3O2/c1-22-17(13-4-6-15(20)7-5-13)11-16(21-22)19(24)23-9-8-14(12-23)18-3-2-10-25-18/h2-7,10-11,14H,8-9,12H2,1H3. The minimum absolute atomic E-state index is 0.0852. The van der Waals surface area contributed by atoms with E-state index in [1.807, 2.05) is 17.0 Å². The van der Waals surface area contributed by atoms with E-state index >= 15 is 0 Å². The molecule has 3 heterocycles. The predicted octanol–water partition coefficient (Wildman–Crippen LogP) is 3.45. The molecule has 5 nitrogen and oxygen atoms in total. The molecule has 0 N–H and O–H groups in total. The zero-order valence-corrected chi connectivity index (χ0v) is 13.9. The predicted molar refractivity (Wildman–Crippen MR) is 90.6 cm³/mol. The van der Waals surface area contributed by atoms with Crippen molar-refractivity contribution in [2.24, 2.45) is 7.05 Å². The molecule has 128 valence electrons. The van der Waals surface area contributed by atoms with Crippen LogP contribution in [-0.4, -0.2) is 33.7 Å². The van der Waals surface area contributed by atoms with Crippen LogP contribution < -0.4 is 0 Å². The summed E-state index contributed by atoms with van der Waals surface area (Å²) in [7, 11) is 1.78. The van der Waals surface area contributed by atoms with Gasteiger partial charge in [0, 0.05) is 26.1 Å². The van der Waals surface area contributed by atoms with Gasteiger partial charge in [0.1, 0.15) is 11.6 Å². The zero-order chi connectivity index (χ0) is 17.4. The summed E-state index contributed by atoms with van der Waals surface area (Å²) in [5.41, 5.74) is 2.01. The first-order chi connectivity index (χ1) is 12.1. The molecule has 25 heavy (non-hydrogen) atoms.